The van der Waals surface area contributed by atoms with E-state index in [-0.39, 0.29) is 11.9 Å². The number of nitrogens with one attached hydrogen (secondary N) is 2. The summed E-state index contributed by atoms with van der Waals surface area (Å²) in [5.74, 6) is 1.25. The number of carbonyl (C=O) groups is 1. The monoisotopic (exact) mass is 306 g/mol. The summed E-state index contributed by atoms with van der Waals surface area (Å²) in [7, 11) is 0. The molecule has 2 N–H and O–H groups in total. The molecule has 5 nitrogen and oxygen atoms in total. The highest BCUT2D eigenvalue weighted by Crippen LogP contribution is 2.28. The maximum Gasteiger partial charge on any atom is 0.251 e. The van der Waals surface area contributed by atoms with Crippen LogP contribution in [0.15, 0.2) is 18.2 Å². The molecule has 0 bridgehead atoms. The molecule has 1 heterocycles. The topological polar surface area (TPSA) is 59.6 Å². The first-order chi connectivity index (χ1) is 10.6. The molecule has 0 spiro atoms. The highest BCUT2D eigenvalue weighted by atomic mass is 16.5. The molecule has 1 amide bonds. The van der Waals surface area contributed by atoms with Crippen molar-refractivity contribution in [1.29, 1.82) is 0 Å². The first kappa shape index (κ1) is 16.6. The van der Waals surface area contributed by atoms with E-state index >= 15 is 0 Å². The fourth-order valence-electron chi connectivity index (χ4n) is 2.72. The van der Waals surface area contributed by atoms with Gasteiger partial charge in [-0.3, -0.25) is 4.79 Å². The van der Waals surface area contributed by atoms with E-state index in [4.69, 9.17) is 9.47 Å². The van der Waals surface area contributed by atoms with E-state index in [2.05, 4.69) is 17.6 Å². The summed E-state index contributed by atoms with van der Waals surface area (Å²) in [6.07, 6.45) is 1.92. The molecule has 22 heavy (non-hydrogen) atoms. The molecule has 0 radical (unpaired) electrons. The van der Waals surface area contributed by atoms with Crippen LogP contribution in [0, 0.1) is 0 Å². The van der Waals surface area contributed by atoms with Crippen molar-refractivity contribution >= 4 is 5.91 Å². The molecule has 0 aromatic heterocycles. The normalized spacial score (nSPS) is 21.2. The van der Waals surface area contributed by atoms with Crippen molar-refractivity contribution in [3.63, 3.8) is 0 Å². The van der Waals surface area contributed by atoms with E-state index in [0.717, 1.165) is 19.4 Å². The van der Waals surface area contributed by atoms with Gasteiger partial charge in [-0.2, -0.15) is 0 Å². The number of rotatable bonds is 6. The lowest BCUT2D eigenvalue weighted by atomic mass is 10.0. The van der Waals surface area contributed by atoms with E-state index in [1.54, 1.807) is 18.2 Å². The highest BCUT2D eigenvalue weighted by Gasteiger charge is 2.21. The van der Waals surface area contributed by atoms with Crippen molar-refractivity contribution in [3.05, 3.63) is 23.8 Å². The van der Waals surface area contributed by atoms with Gasteiger partial charge in [-0.05, 0) is 58.4 Å². The molecule has 122 valence electrons. The SMILES string of the molecule is CCOc1ccc(C(=O)NC2CCNC(C)C2)cc1OCC. The van der Waals surface area contributed by atoms with Gasteiger partial charge < -0.3 is 20.1 Å². The third-order valence-corrected chi connectivity index (χ3v) is 3.76. The van der Waals surface area contributed by atoms with Crippen LogP contribution in [0.4, 0.5) is 0 Å². The fourth-order valence-corrected chi connectivity index (χ4v) is 2.72. The molecule has 1 aromatic carbocycles. The Balaban J connectivity index is 2.06. The molecule has 1 aliphatic heterocycles. The van der Waals surface area contributed by atoms with Crippen molar-refractivity contribution < 1.29 is 14.3 Å². The molecule has 0 saturated carbocycles. The van der Waals surface area contributed by atoms with Crippen molar-refractivity contribution in [2.75, 3.05) is 19.8 Å². The lowest BCUT2D eigenvalue weighted by Gasteiger charge is -2.28. The number of hydrogen-bond acceptors (Lipinski definition) is 4. The first-order valence-electron chi connectivity index (χ1n) is 8.07. The zero-order valence-corrected chi connectivity index (χ0v) is 13.6. The third kappa shape index (κ3) is 4.37. The minimum atomic E-state index is -0.0527. The van der Waals surface area contributed by atoms with Crippen LogP contribution in [-0.2, 0) is 0 Å². The van der Waals surface area contributed by atoms with Crippen LogP contribution in [0.2, 0.25) is 0 Å². The molecule has 1 aromatic rings. The molecule has 2 atom stereocenters. The Morgan fingerprint density at radius 3 is 2.68 bits per heavy atom. The summed E-state index contributed by atoms with van der Waals surface area (Å²) in [6, 6.07) is 6.01. The second-order valence-corrected chi connectivity index (χ2v) is 5.58. The quantitative estimate of drug-likeness (QED) is 0.847. The molecule has 2 unspecified atom stereocenters. The maximum absolute atomic E-state index is 12.4. The Morgan fingerprint density at radius 2 is 2.00 bits per heavy atom. The smallest absolute Gasteiger partial charge is 0.251 e. The second-order valence-electron chi connectivity index (χ2n) is 5.58. The lowest BCUT2D eigenvalue weighted by molar-refractivity contribution is 0.0925. The number of amides is 1. The van der Waals surface area contributed by atoms with Gasteiger partial charge in [-0.15, -0.1) is 0 Å². The molecule has 1 aliphatic rings. The molecule has 1 saturated heterocycles. The maximum atomic E-state index is 12.4. The first-order valence-corrected chi connectivity index (χ1v) is 8.07. The van der Waals surface area contributed by atoms with Gasteiger partial charge in [-0.1, -0.05) is 0 Å². The van der Waals surface area contributed by atoms with Gasteiger partial charge in [0.1, 0.15) is 0 Å². The number of piperidine rings is 1. The standard InChI is InChI=1S/C17H26N2O3/c1-4-21-15-7-6-13(11-16(15)22-5-2)17(20)19-14-8-9-18-12(3)10-14/h6-7,11-12,14,18H,4-5,8-10H2,1-3H3,(H,19,20). The van der Waals surface area contributed by atoms with Crippen LogP contribution in [0.1, 0.15) is 44.0 Å². The van der Waals surface area contributed by atoms with Crippen molar-refractivity contribution in [3.8, 4) is 11.5 Å². The summed E-state index contributed by atoms with van der Waals surface area (Å²) >= 11 is 0. The van der Waals surface area contributed by atoms with Crippen LogP contribution in [0.25, 0.3) is 0 Å². The van der Waals surface area contributed by atoms with Crippen molar-refractivity contribution in [2.24, 2.45) is 0 Å². The van der Waals surface area contributed by atoms with Gasteiger partial charge in [0, 0.05) is 17.6 Å². The van der Waals surface area contributed by atoms with Crippen LogP contribution in [0.3, 0.4) is 0 Å². The molecular weight excluding hydrogens is 280 g/mol. The Morgan fingerprint density at radius 1 is 1.27 bits per heavy atom. The zero-order chi connectivity index (χ0) is 15.9. The number of carbonyl (C=O) groups excluding carboxylic acids is 1. The predicted octanol–water partition coefficient (Wildman–Crippen LogP) is 2.35. The highest BCUT2D eigenvalue weighted by molar-refractivity contribution is 5.95. The predicted molar refractivity (Wildman–Crippen MR) is 86.7 cm³/mol. The van der Waals surface area contributed by atoms with Crippen LogP contribution < -0.4 is 20.1 Å². The lowest BCUT2D eigenvalue weighted by Crippen LogP contribution is -2.46. The Hall–Kier alpha value is -1.75. The fraction of sp³-hybridized carbons (Fsp3) is 0.588. The Labute approximate surface area is 132 Å². The summed E-state index contributed by atoms with van der Waals surface area (Å²) in [5.41, 5.74) is 0.609. The number of hydrogen-bond donors (Lipinski definition) is 2. The summed E-state index contributed by atoms with van der Waals surface area (Å²) in [6.45, 7) is 8.03. The Bertz CT molecular complexity index is 505. The molecule has 2 rings (SSSR count). The zero-order valence-electron chi connectivity index (χ0n) is 13.6. The van der Waals surface area contributed by atoms with Gasteiger partial charge in [0.05, 0.1) is 13.2 Å². The second kappa shape index (κ2) is 8.03. The summed E-state index contributed by atoms with van der Waals surface area (Å²) in [5, 5.41) is 6.50. The van der Waals surface area contributed by atoms with E-state index in [1.165, 1.54) is 0 Å². The molecule has 5 heteroatoms. The van der Waals surface area contributed by atoms with E-state index in [1.807, 2.05) is 13.8 Å². The van der Waals surface area contributed by atoms with Crippen LogP contribution >= 0.6 is 0 Å². The van der Waals surface area contributed by atoms with E-state index in [0.29, 0.717) is 36.3 Å². The van der Waals surface area contributed by atoms with Crippen molar-refractivity contribution in [2.45, 2.75) is 45.7 Å². The molecule has 1 fully saturated rings. The molecule has 0 aliphatic carbocycles. The van der Waals surface area contributed by atoms with Gasteiger partial charge in [0.15, 0.2) is 11.5 Å². The molecular formula is C17H26N2O3. The Kier molecular flexibility index (Phi) is 6.07. The van der Waals surface area contributed by atoms with Gasteiger partial charge in [0.2, 0.25) is 0 Å². The van der Waals surface area contributed by atoms with Gasteiger partial charge >= 0.3 is 0 Å². The van der Waals surface area contributed by atoms with E-state index < -0.39 is 0 Å². The minimum Gasteiger partial charge on any atom is -0.490 e. The average Bonchev–Trinajstić information content (AvgIpc) is 2.49. The number of benzene rings is 1. The van der Waals surface area contributed by atoms with Crippen LogP contribution in [0.5, 0.6) is 11.5 Å². The minimum absolute atomic E-state index is 0.0527. The summed E-state index contributed by atoms with van der Waals surface area (Å²) < 4.78 is 11.1. The summed E-state index contributed by atoms with van der Waals surface area (Å²) in [4.78, 5) is 12.4. The van der Waals surface area contributed by atoms with E-state index in [9.17, 15) is 4.79 Å². The van der Waals surface area contributed by atoms with Gasteiger partial charge in [-0.25, -0.2) is 0 Å². The number of ether oxygens (including phenoxy) is 2. The third-order valence-electron chi connectivity index (χ3n) is 3.76. The van der Waals surface area contributed by atoms with Gasteiger partial charge in [0.25, 0.3) is 5.91 Å². The van der Waals surface area contributed by atoms with Crippen LogP contribution in [-0.4, -0.2) is 37.7 Å². The average molecular weight is 306 g/mol. The largest absolute Gasteiger partial charge is 0.490 e. The van der Waals surface area contributed by atoms with Crippen molar-refractivity contribution in [1.82, 2.24) is 10.6 Å².